The molecule has 1 aromatic rings. The predicted octanol–water partition coefficient (Wildman–Crippen LogP) is 0.381. The summed E-state index contributed by atoms with van der Waals surface area (Å²) in [5.74, 6) is -1.25. The zero-order valence-corrected chi connectivity index (χ0v) is 8.85. The van der Waals surface area contributed by atoms with Gasteiger partial charge in [0.2, 0.25) is 0 Å². The highest BCUT2D eigenvalue weighted by Gasteiger charge is 2.22. The van der Waals surface area contributed by atoms with Crippen molar-refractivity contribution in [1.29, 1.82) is 0 Å². The van der Waals surface area contributed by atoms with E-state index in [9.17, 15) is 19.4 Å². The maximum atomic E-state index is 13.7. The van der Waals surface area contributed by atoms with Crippen LogP contribution in [0.3, 0.4) is 0 Å². The van der Waals surface area contributed by atoms with Gasteiger partial charge in [0.15, 0.2) is 5.78 Å². The van der Waals surface area contributed by atoms with Gasteiger partial charge in [-0.15, -0.1) is 0 Å². The summed E-state index contributed by atoms with van der Waals surface area (Å²) in [4.78, 5) is 11.1. The second-order valence-corrected chi connectivity index (χ2v) is 3.51. The standard InChI is InChI=1S/C11H14FNO3/c1-6(14)7-3-2-4-8(10(7)12)11(16)9(15)5-13/h2-4,9,11,15-16H,5,13H2,1H3. The number of aliphatic hydroxyl groups excluding tert-OH is 2. The smallest absolute Gasteiger partial charge is 0.162 e. The minimum Gasteiger partial charge on any atom is -0.389 e. The zero-order valence-electron chi connectivity index (χ0n) is 8.85. The fraction of sp³-hybridized carbons (Fsp3) is 0.364. The number of benzene rings is 1. The molecule has 88 valence electrons. The Labute approximate surface area is 92.5 Å². The van der Waals surface area contributed by atoms with Crippen molar-refractivity contribution >= 4 is 5.78 Å². The summed E-state index contributed by atoms with van der Waals surface area (Å²) in [6.45, 7) is 1.04. The molecule has 5 heteroatoms. The van der Waals surface area contributed by atoms with Crippen LogP contribution >= 0.6 is 0 Å². The van der Waals surface area contributed by atoms with E-state index in [4.69, 9.17) is 5.73 Å². The molecule has 0 aliphatic heterocycles. The second-order valence-electron chi connectivity index (χ2n) is 3.51. The van der Waals surface area contributed by atoms with Gasteiger partial charge in [-0.25, -0.2) is 4.39 Å². The summed E-state index contributed by atoms with van der Waals surface area (Å²) in [7, 11) is 0. The Kier molecular flexibility index (Phi) is 4.12. The first-order chi connectivity index (χ1) is 7.49. The van der Waals surface area contributed by atoms with Crippen LogP contribution in [0.25, 0.3) is 0 Å². The van der Waals surface area contributed by atoms with Crippen molar-refractivity contribution in [2.75, 3.05) is 6.54 Å². The van der Waals surface area contributed by atoms with Gasteiger partial charge in [-0.2, -0.15) is 0 Å². The lowest BCUT2D eigenvalue weighted by Crippen LogP contribution is -2.28. The number of carbonyl (C=O) groups is 1. The highest BCUT2D eigenvalue weighted by Crippen LogP contribution is 2.22. The van der Waals surface area contributed by atoms with E-state index in [2.05, 4.69) is 0 Å². The molecule has 4 N–H and O–H groups in total. The van der Waals surface area contributed by atoms with E-state index < -0.39 is 23.8 Å². The summed E-state index contributed by atoms with van der Waals surface area (Å²) >= 11 is 0. The molecule has 0 aliphatic carbocycles. The van der Waals surface area contributed by atoms with Gasteiger partial charge in [-0.1, -0.05) is 12.1 Å². The highest BCUT2D eigenvalue weighted by molar-refractivity contribution is 5.94. The highest BCUT2D eigenvalue weighted by atomic mass is 19.1. The molecule has 0 radical (unpaired) electrons. The topological polar surface area (TPSA) is 83.5 Å². The second kappa shape index (κ2) is 5.16. The van der Waals surface area contributed by atoms with Gasteiger partial charge in [0.05, 0.1) is 11.7 Å². The fourth-order valence-corrected chi connectivity index (χ4v) is 1.39. The van der Waals surface area contributed by atoms with Crippen molar-refractivity contribution in [3.63, 3.8) is 0 Å². The largest absolute Gasteiger partial charge is 0.389 e. The van der Waals surface area contributed by atoms with Gasteiger partial charge >= 0.3 is 0 Å². The number of rotatable bonds is 4. The van der Waals surface area contributed by atoms with E-state index in [-0.39, 0.29) is 17.7 Å². The van der Waals surface area contributed by atoms with E-state index in [1.54, 1.807) is 0 Å². The average molecular weight is 227 g/mol. The van der Waals surface area contributed by atoms with Gasteiger partial charge in [0, 0.05) is 12.1 Å². The molecule has 4 nitrogen and oxygen atoms in total. The molecule has 0 saturated heterocycles. The molecule has 0 spiro atoms. The number of hydrogen-bond acceptors (Lipinski definition) is 4. The number of Topliss-reactive ketones (excluding diaryl/α,β-unsaturated/α-hetero) is 1. The van der Waals surface area contributed by atoms with E-state index >= 15 is 0 Å². The molecule has 2 unspecified atom stereocenters. The van der Waals surface area contributed by atoms with Crippen molar-refractivity contribution < 1.29 is 19.4 Å². The Bertz CT molecular complexity index is 395. The maximum absolute atomic E-state index is 13.7. The van der Waals surface area contributed by atoms with Gasteiger partial charge in [0.25, 0.3) is 0 Å². The van der Waals surface area contributed by atoms with Crippen LogP contribution in [0.4, 0.5) is 4.39 Å². The lowest BCUT2D eigenvalue weighted by molar-refractivity contribution is 0.0221. The summed E-state index contributed by atoms with van der Waals surface area (Å²) < 4.78 is 13.7. The molecular formula is C11H14FNO3. The molecule has 0 aliphatic rings. The molecule has 16 heavy (non-hydrogen) atoms. The van der Waals surface area contributed by atoms with E-state index in [0.717, 1.165) is 0 Å². The summed E-state index contributed by atoms with van der Waals surface area (Å²) in [6, 6.07) is 4.08. The molecule has 0 amide bonds. The maximum Gasteiger partial charge on any atom is 0.162 e. The lowest BCUT2D eigenvalue weighted by Gasteiger charge is -2.17. The fourth-order valence-electron chi connectivity index (χ4n) is 1.39. The quantitative estimate of drug-likeness (QED) is 0.649. The molecule has 0 bridgehead atoms. The zero-order chi connectivity index (χ0) is 12.3. The average Bonchev–Trinajstić information content (AvgIpc) is 2.27. The number of halogens is 1. The summed E-state index contributed by atoms with van der Waals surface area (Å²) in [6.07, 6.45) is -2.68. The first-order valence-corrected chi connectivity index (χ1v) is 4.84. The van der Waals surface area contributed by atoms with Gasteiger partial charge < -0.3 is 15.9 Å². The van der Waals surface area contributed by atoms with Crippen LogP contribution < -0.4 is 5.73 Å². The Morgan fingerprint density at radius 1 is 1.50 bits per heavy atom. The van der Waals surface area contributed by atoms with Crippen molar-refractivity contribution in [2.24, 2.45) is 5.73 Å². The lowest BCUT2D eigenvalue weighted by atomic mass is 9.99. The summed E-state index contributed by atoms with van der Waals surface area (Å²) in [5.41, 5.74) is 4.93. The molecule has 0 heterocycles. The van der Waals surface area contributed by atoms with Crippen molar-refractivity contribution in [3.05, 3.63) is 35.1 Å². The van der Waals surface area contributed by atoms with Gasteiger partial charge in [0.1, 0.15) is 11.9 Å². The Balaban J connectivity index is 3.15. The van der Waals surface area contributed by atoms with Crippen LogP contribution in [0.1, 0.15) is 28.9 Å². The predicted molar refractivity (Wildman–Crippen MR) is 56.4 cm³/mol. The third-order valence-corrected chi connectivity index (χ3v) is 2.33. The Hall–Kier alpha value is -1.30. The third-order valence-electron chi connectivity index (χ3n) is 2.33. The Morgan fingerprint density at radius 2 is 2.12 bits per heavy atom. The van der Waals surface area contributed by atoms with E-state index in [0.29, 0.717) is 0 Å². The first kappa shape index (κ1) is 12.8. The Morgan fingerprint density at radius 3 is 2.62 bits per heavy atom. The van der Waals surface area contributed by atoms with Crippen LogP contribution in [0, 0.1) is 5.82 Å². The van der Waals surface area contributed by atoms with Crippen molar-refractivity contribution in [2.45, 2.75) is 19.1 Å². The SMILES string of the molecule is CC(=O)c1cccc(C(O)C(O)CN)c1F. The molecule has 2 atom stereocenters. The van der Waals surface area contributed by atoms with E-state index in [1.165, 1.54) is 25.1 Å². The first-order valence-electron chi connectivity index (χ1n) is 4.84. The number of nitrogens with two attached hydrogens (primary N) is 1. The summed E-state index contributed by atoms with van der Waals surface area (Å²) in [5, 5.41) is 18.9. The van der Waals surface area contributed by atoms with Crippen LogP contribution in [0.2, 0.25) is 0 Å². The van der Waals surface area contributed by atoms with Gasteiger partial charge in [-0.3, -0.25) is 4.79 Å². The van der Waals surface area contributed by atoms with Crippen LogP contribution in [-0.4, -0.2) is 28.6 Å². The molecule has 1 aromatic carbocycles. The number of hydrogen-bond donors (Lipinski definition) is 3. The number of ketones is 1. The van der Waals surface area contributed by atoms with Crippen LogP contribution in [-0.2, 0) is 0 Å². The van der Waals surface area contributed by atoms with Crippen molar-refractivity contribution in [1.82, 2.24) is 0 Å². The normalized spacial score (nSPS) is 14.6. The van der Waals surface area contributed by atoms with Crippen LogP contribution in [0.5, 0.6) is 0 Å². The van der Waals surface area contributed by atoms with Crippen molar-refractivity contribution in [3.8, 4) is 0 Å². The minimum absolute atomic E-state index is 0.110. The molecule has 0 fully saturated rings. The molecule has 0 aromatic heterocycles. The minimum atomic E-state index is -1.43. The monoisotopic (exact) mass is 227 g/mol. The molecule has 1 rings (SSSR count). The number of carbonyl (C=O) groups excluding carboxylic acids is 1. The number of aliphatic hydroxyl groups is 2. The molecule has 0 saturated carbocycles. The third kappa shape index (κ3) is 2.44. The molecular weight excluding hydrogens is 213 g/mol. The van der Waals surface area contributed by atoms with Gasteiger partial charge in [-0.05, 0) is 13.0 Å². The van der Waals surface area contributed by atoms with Crippen LogP contribution in [0.15, 0.2) is 18.2 Å². The van der Waals surface area contributed by atoms with E-state index in [1.807, 2.05) is 0 Å².